The van der Waals surface area contributed by atoms with Crippen molar-refractivity contribution in [2.75, 3.05) is 4.90 Å². The highest BCUT2D eigenvalue weighted by molar-refractivity contribution is 6.14. The molecule has 15 rings (SSSR count). The van der Waals surface area contributed by atoms with E-state index in [1.54, 1.807) is 0 Å². The third-order valence-electron chi connectivity index (χ3n) is 16.8. The third kappa shape index (κ3) is 5.72. The Morgan fingerprint density at radius 3 is 1.72 bits per heavy atom. The Morgan fingerprint density at radius 1 is 0.375 bits per heavy atom. The van der Waals surface area contributed by atoms with E-state index in [9.17, 15) is 0 Å². The number of para-hydroxylation sites is 1. The number of rotatable bonds is 6. The molecule has 11 aromatic rings. The van der Waals surface area contributed by atoms with Crippen LogP contribution in [0.1, 0.15) is 53.1 Å². The predicted molar refractivity (Wildman–Crippen MR) is 299 cm³/mol. The highest BCUT2D eigenvalue weighted by Gasteiger charge is 2.57. The van der Waals surface area contributed by atoms with Gasteiger partial charge in [-0.15, -0.1) is 0 Å². The molecule has 2 nitrogen and oxygen atoms in total. The zero-order valence-corrected chi connectivity index (χ0v) is 40.2. The van der Waals surface area contributed by atoms with Gasteiger partial charge in [-0.2, -0.15) is 0 Å². The molecule has 0 radical (unpaired) electrons. The molecule has 10 aromatic carbocycles. The number of hydrogen-bond acceptors (Lipinski definition) is 2. The molecule has 72 heavy (non-hydrogen) atoms. The van der Waals surface area contributed by atoms with Crippen LogP contribution in [0.15, 0.2) is 253 Å². The first-order valence-corrected chi connectivity index (χ1v) is 25.4. The van der Waals surface area contributed by atoms with E-state index in [0.29, 0.717) is 0 Å². The van der Waals surface area contributed by atoms with Gasteiger partial charge in [0, 0.05) is 45.1 Å². The summed E-state index contributed by atoms with van der Waals surface area (Å²) in [6, 6.07) is 83.7. The van der Waals surface area contributed by atoms with Gasteiger partial charge < -0.3 is 9.32 Å². The lowest BCUT2D eigenvalue weighted by Gasteiger charge is -2.36. The maximum Gasteiger partial charge on any atom is 0.136 e. The van der Waals surface area contributed by atoms with Gasteiger partial charge in [0.1, 0.15) is 11.2 Å². The van der Waals surface area contributed by atoms with Crippen molar-refractivity contribution in [2.45, 2.75) is 30.6 Å². The van der Waals surface area contributed by atoms with Crippen molar-refractivity contribution < 1.29 is 4.42 Å². The molecule has 1 spiro atoms. The van der Waals surface area contributed by atoms with Crippen molar-refractivity contribution >= 4 is 39.0 Å². The highest BCUT2D eigenvalue weighted by atomic mass is 16.3. The maximum absolute atomic E-state index is 6.56. The monoisotopic (exact) mass is 919 g/mol. The number of hydrogen-bond donors (Lipinski definition) is 0. The molecular formula is C70H49NO. The van der Waals surface area contributed by atoms with Crippen LogP contribution in [0.4, 0.5) is 17.1 Å². The Bertz CT molecular complexity index is 4040. The second-order valence-corrected chi connectivity index (χ2v) is 20.7. The summed E-state index contributed by atoms with van der Waals surface area (Å²) in [6.45, 7) is 4.74. The average Bonchev–Trinajstić information content (AvgIpc) is 4.14. The molecule has 0 aliphatic heterocycles. The summed E-state index contributed by atoms with van der Waals surface area (Å²) >= 11 is 0. The Morgan fingerprint density at radius 2 is 0.944 bits per heavy atom. The molecule has 0 bridgehead atoms. The number of allylic oxidation sites excluding steroid dienone is 4. The van der Waals surface area contributed by atoms with Gasteiger partial charge in [0.25, 0.3) is 0 Å². The Labute approximate surface area is 420 Å². The highest BCUT2D eigenvalue weighted by Crippen LogP contribution is 2.65. The molecule has 0 saturated heterocycles. The van der Waals surface area contributed by atoms with E-state index in [1.165, 1.54) is 83.5 Å². The summed E-state index contributed by atoms with van der Waals surface area (Å²) in [5.41, 5.74) is 25.4. The van der Waals surface area contributed by atoms with Gasteiger partial charge in [0.05, 0.1) is 5.41 Å². The quantitative estimate of drug-likeness (QED) is 0.165. The minimum Gasteiger partial charge on any atom is -0.456 e. The van der Waals surface area contributed by atoms with Gasteiger partial charge in [-0.25, -0.2) is 0 Å². The molecule has 2 unspecified atom stereocenters. The molecule has 0 fully saturated rings. The van der Waals surface area contributed by atoms with Crippen molar-refractivity contribution in [3.8, 4) is 55.6 Å². The zero-order valence-electron chi connectivity index (χ0n) is 40.2. The second kappa shape index (κ2) is 15.4. The van der Waals surface area contributed by atoms with Crippen LogP contribution in [0, 0.1) is 5.92 Å². The lowest BCUT2D eigenvalue weighted by molar-refractivity contribution is 0.465. The third-order valence-corrected chi connectivity index (χ3v) is 16.8. The zero-order chi connectivity index (χ0) is 47.7. The fraction of sp³-hybridized carbons (Fsp3) is 0.0857. The molecule has 0 saturated carbocycles. The largest absolute Gasteiger partial charge is 0.456 e. The van der Waals surface area contributed by atoms with Crippen LogP contribution in [-0.2, 0) is 10.8 Å². The van der Waals surface area contributed by atoms with E-state index in [4.69, 9.17) is 4.42 Å². The summed E-state index contributed by atoms with van der Waals surface area (Å²) in [4.78, 5) is 2.47. The van der Waals surface area contributed by atoms with Gasteiger partial charge in [-0.05, 0) is 138 Å². The summed E-state index contributed by atoms with van der Waals surface area (Å²) in [5, 5.41) is 2.26. The number of furan rings is 1. The van der Waals surface area contributed by atoms with Crippen LogP contribution in [0.2, 0.25) is 0 Å². The van der Waals surface area contributed by atoms with E-state index in [-0.39, 0.29) is 22.7 Å². The molecule has 0 N–H and O–H groups in total. The van der Waals surface area contributed by atoms with E-state index < -0.39 is 0 Å². The molecule has 1 heterocycles. The number of fused-ring (bicyclic) bond motifs is 16. The fourth-order valence-corrected chi connectivity index (χ4v) is 13.6. The van der Waals surface area contributed by atoms with Crippen LogP contribution in [-0.4, -0.2) is 0 Å². The first-order chi connectivity index (χ1) is 35.5. The second-order valence-electron chi connectivity index (χ2n) is 20.7. The molecule has 0 amide bonds. The first-order valence-electron chi connectivity index (χ1n) is 25.4. The predicted octanol–water partition coefficient (Wildman–Crippen LogP) is 18.5. The van der Waals surface area contributed by atoms with E-state index in [1.807, 2.05) is 0 Å². The van der Waals surface area contributed by atoms with Gasteiger partial charge in [0.15, 0.2) is 0 Å². The molecular weight excluding hydrogens is 871 g/mol. The number of anilines is 3. The fourth-order valence-electron chi connectivity index (χ4n) is 13.6. The van der Waals surface area contributed by atoms with Crippen LogP contribution < -0.4 is 4.90 Å². The Hall–Kier alpha value is -8.72. The van der Waals surface area contributed by atoms with Crippen molar-refractivity contribution in [1.82, 2.24) is 0 Å². The minimum atomic E-state index is -0.303. The minimum absolute atomic E-state index is 0.158. The smallest absolute Gasteiger partial charge is 0.136 e. The van der Waals surface area contributed by atoms with E-state index >= 15 is 0 Å². The van der Waals surface area contributed by atoms with Gasteiger partial charge in [0.2, 0.25) is 0 Å². The summed E-state index contributed by atoms with van der Waals surface area (Å²) in [6.07, 6.45) is 9.47. The van der Waals surface area contributed by atoms with Gasteiger partial charge in [-0.1, -0.05) is 214 Å². The van der Waals surface area contributed by atoms with Crippen molar-refractivity contribution in [2.24, 2.45) is 5.92 Å². The topological polar surface area (TPSA) is 16.4 Å². The summed E-state index contributed by atoms with van der Waals surface area (Å²) in [7, 11) is 0. The molecule has 2 heteroatoms. The van der Waals surface area contributed by atoms with E-state index in [0.717, 1.165) is 44.6 Å². The van der Waals surface area contributed by atoms with Crippen molar-refractivity contribution in [1.29, 1.82) is 0 Å². The van der Waals surface area contributed by atoms with Gasteiger partial charge >= 0.3 is 0 Å². The van der Waals surface area contributed by atoms with Crippen molar-refractivity contribution in [3.63, 3.8) is 0 Å². The van der Waals surface area contributed by atoms with E-state index in [2.05, 4.69) is 268 Å². The maximum atomic E-state index is 6.56. The molecule has 340 valence electrons. The van der Waals surface area contributed by atoms with Crippen LogP contribution >= 0.6 is 0 Å². The summed E-state index contributed by atoms with van der Waals surface area (Å²) < 4.78 is 6.56. The first kappa shape index (κ1) is 41.1. The number of nitrogens with zero attached hydrogens (tertiary/aromatic N) is 1. The molecule has 4 aliphatic carbocycles. The SMILES string of the molecule is CC1(C)c2ccccc2-c2ccc(N(c3ccc(-c4ccccc4)cc3)c3ccc(-c4cccc5oc6ccccc6c45)c(-c4ccc5c(c4)C4C=CC=CC4C54c5ccccc5-c5ccccc54)c3)cc21. The average molecular weight is 920 g/mol. The normalized spacial score (nSPS) is 16.9. The van der Waals surface area contributed by atoms with Crippen molar-refractivity contribution in [3.05, 3.63) is 282 Å². The van der Waals surface area contributed by atoms with Crippen LogP contribution in [0.25, 0.3) is 77.6 Å². The lowest BCUT2D eigenvalue weighted by atomic mass is 9.65. The Kier molecular flexibility index (Phi) is 8.78. The van der Waals surface area contributed by atoms with Crippen LogP contribution in [0.5, 0.6) is 0 Å². The van der Waals surface area contributed by atoms with Crippen LogP contribution in [0.3, 0.4) is 0 Å². The number of benzene rings is 10. The molecule has 4 aliphatic rings. The standard InChI is InChI=1S/C70H49NO/c1-69(2)60-25-11-6-19-51(60)55-39-37-49(43-65(55)69)71(47-34-31-45(32-35-47)44-17-4-3-5-18-44)48-36-38-50(56-24-16-30-67-68(56)57-23-10-15-29-66(57)72-67)58(42-48)46-33-40-64-59(41-46)54-22-9-14-28-63(54)70(64)61-26-12-7-20-52(61)53-21-8-13-27-62(53)70/h3-43,54,63H,1-2H3. The van der Waals surface area contributed by atoms with Gasteiger partial charge in [-0.3, -0.25) is 0 Å². The molecule has 1 aromatic heterocycles. The summed E-state index contributed by atoms with van der Waals surface area (Å²) in [5.74, 6) is 0.439. The lowest BCUT2D eigenvalue weighted by Crippen LogP contribution is -2.32. The molecule has 2 atom stereocenters. The Balaban J connectivity index is 0.972.